The Morgan fingerprint density at radius 2 is 2.21 bits per heavy atom. The number of benzene rings is 1. The van der Waals surface area contributed by atoms with E-state index < -0.39 is 4.92 Å². The van der Waals surface area contributed by atoms with Crippen molar-refractivity contribution >= 4 is 38.6 Å². The number of hydrogen-bond donors (Lipinski definition) is 1. The summed E-state index contributed by atoms with van der Waals surface area (Å²) in [4.78, 5) is 15.8. The predicted octanol–water partition coefficient (Wildman–Crippen LogP) is 4.04. The highest BCUT2D eigenvalue weighted by atomic mass is 79.9. The maximum absolute atomic E-state index is 10.8. The Morgan fingerprint density at radius 1 is 1.47 bits per heavy atom. The lowest BCUT2D eigenvalue weighted by Gasteiger charge is -2.07. The summed E-state index contributed by atoms with van der Waals surface area (Å²) < 4.78 is 0.803. The van der Waals surface area contributed by atoms with Crippen molar-refractivity contribution in [3.63, 3.8) is 0 Å². The van der Waals surface area contributed by atoms with Gasteiger partial charge in [0.05, 0.1) is 27.9 Å². The minimum absolute atomic E-state index is 0.0721. The second-order valence-electron chi connectivity index (χ2n) is 4.02. The van der Waals surface area contributed by atoms with Crippen LogP contribution in [-0.4, -0.2) is 9.91 Å². The Kier molecular flexibility index (Phi) is 4.16. The molecule has 2 aromatic rings. The van der Waals surface area contributed by atoms with E-state index in [9.17, 15) is 10.1 Å². The zero-order chi connectivity index (χ0) is 14.0. The molecule has 1 aromatic carbocycles. The van der Waals surface area contributed by atoms with E-state index in [0.29, 0.717) is 12.2 Å². The summed E-state index contributed by atoms with van der Waals surface area (Å²) in [7, 11) is 0. The summed E-state index contributed by atoms with van der Waals surface area (Å²) in [6.45, 7) is 4.53. The lowest BCUT2D eigenvalue weighted by atomic mass is 10.2. The van der Waals surface area contributed by atoms with Gasteiger partial charge in [0.15, 0.2) is 0 Å². The standard InChI is InChI=1S/C12H12BrN3O2S/c1-7-12(19-8(2)15-7)6-14-11-5-9(16(17)18)3-4-10(11)13/h3-5,14H,6H2,1-2H3. The Morgan fingerprint density at radius 3 is 2.79 bits per heavy atom. The number of thiazole rings is 1. The second kappa shape index (κ2) is 5.66. The van der Waals surface area contributed by atoms with Crippen LogP contribution in [0.2, 0.25) is 0 Å². The van der Waals surface area contributed by atoms with Crippen LogP contribution in [0.4, 0.5) is 11.4 Å². The molecule has 0 saturated heterocycles. The van der Waals surface area contributed by atoms with Crippen LogP contribution in [0.15, 0.2) is 22.7 Å². The number of nitrogens with zero attached hydrogens (tertiary/aromatic N) is 2. The number of nitrogens with one attached hydrogen (secondary N) is 1. The molecule has 1 heterocycles. The highest BCUT2D eigenvalue weighted by molar-refractivity contribution is 9.10. The summed E-state index contributed by atoms with van der Waals surface area (Å²) >= 11 is 5.01. The smallest absolute Gasteiger partial charge is 0.271 e. The predicted molar refractivity (Wildman–Crippen MR) is 79.7 cm³/mol. The van der Waals surface area contributed by atoms with Gasteiger partial charge in [0, 0.05) is 21.5 Å². The third-order valence-electron chi connectivity index (χ3n) is 2.60. The number of rotatable bonds is 4. The maximum atomic E-state index is 10.8. The fraction of sp³-hybridized carbons (Fsp3) is 0.250. The minimum atomic E-state index is -0.403. The Labute approximate surface area is 123 Å². The first-order valence-corrected chi connectivity index (χ1v) is 7.19. The molecule has 0 spiro atoms. The van der Waals surface area contributed by atoms with Gasteiger partial charge in [0.1, 0.15) is 0 Å². The molecule has 1 aromatic heterocycles. The Hall–Kier alpha value is -1.47. The van der Waals surface area contributed by atoms with E-state index in [1.54, 1.807) is 17.4 Å². The molecule has 0 unspecified atom stereocenters. The van der Waals surface area contributed by atoms with E-state index in [2.05, 4.69) is 26.2 Å². The van der Waals surface area contributed by atoms with E-state index in [0.717, 1.165) is 20.1 Å². The van der Waals surface area contributed by atoms with Gasteiger partial charge in [-0.3, -0.25) is 10.1 Å². The summed E-state index contributed by atoms with van der Waals surface area (Å²) in [6, 6.07) is 4.66. The van der Waals surface area contributed by atoms with Crippen LogP contribution in [0.5, 0.6) is 0 Å². The first kappa shape index (κ1) is 14.0. The molecule has 0 atom stereocenters. The van der Waals surface area contributed by atoms with Crippen molar-refractivity contribution in [1.29, 1.82) is 0 Å². The number of anilines is 1. The molecule has 100 valence electrons. The van der Waals surface area contributed by atoms with E-state index in [-0.39, 0.29) is 5.69 Å². The summed E-state index contributed by atoms with van der Waals surface area (Å²) in [5.41, 5.74) is 1.78. The zero-order valence-electron chi connectivity index (χ0n) is 10.4. The first-order valence-electron chi connectivity index (χ1n) is 5.58. The number of nitro groups is 1. The van der Waals surface area contributed by atoms with Gasteiger partial charge in [0.2, 0.25) is 0 Å². The number of aromatic nitrogens is 1. The number of aryl methyl sites for hydroxylation is 2. The van der Waals surface area contributed by atoms with Gasteiger partial charge in [-0.1, -0.05) is 0 Å². The lowest BCUT2D eigenvalue weighted by Crippen LogP contribution is -2.00. The van der Waals surface area contributed by atoms with Crippen molar-refractivity contribution in [3.05, 3.63) is 48.4 Å². The van der Waals surface area contributed by atoms with Crippen LogP contribution in [0, 0.1) is 24.0 Å². The molecule has 0 radical (unpaired) electrons. The van der Waals surface area contributed by atoms with Crippen LogP contribution >= 0.6 is 27.3 Å². The summed E-state index contributed by atoms with van der Waals surface area (Å²) in [5.74, 6) is 0. The quantitative estimate of drug-likeness (QED) is 0.672. The third-order valence-corrected chi connectivity index (χ3v) is 4.36. The molecule has 1 N–H and O–H groups in total. The van der Waals surface area contributed by atoms with Crippen molar-refractivity contribution in [3.8, 4) is 0 Å². The van der Waals surface area contributed by atoms with Gasteiger partial charge < -0.3 is 5.32 Å². The summed E-state index contributed by atoms with van der Waals surface area (Å²) in [6.07, 6.45) is 0. The van der Waals surface area contributed by atoms with Crippen molar-refractivity contribution in [2.75, 3.05) is 5.32 Å². The molecule has 19 heavy (non-hydrogen) atoms. The van der Waals surface area contributed by atoms with Crippen molar-refractivity contribution < 1.29 is 4.92 Å². The molecule has 0 aliphatic carbocycles. The van der Waals surface area contributed by atoms with Crippen molar-refractivity contribution in [2.24, 2.45) is 0 Å². The van der Waals surface area contributed by atoms with Crippen LogP contribution < -0.4 is 5.32 Å². The summed E-state index contributed by atoms with van der Waals surface area (Å²) in [5, 5.41) is 15.0. The third kappa shape index (κ3) is 3.30. The highest BCUT2D eigenvalue weighted by Gasteiger charge is 2.10. The molecule has 0 bridgehead atoms. The van der Waals surface area contributed by atoms with Gasteiger partial charge >= 0.3 is 0 Å². The molecular weight excluding hydrogens is 330 g/mol. The Bertz CT molecular complexity index is 627. The topological polar surface area (TPSA) is 68.1 Å². The van der Waals surface area contributed by atoms with E-state index >= 15 is 0 Å². The maximum Gasteiger partial charge on any atom is 0.271 e. The molecule has 0 saturated carbocycles. The van der Waals surface area contributed by atoms with Crippen LogP contribution in [0.25, 0.3) is 0 Å². The lowest BCUT2D eigenvalue weighted by molar-refractivity contribution is -0.384. The number of non-ortho nitro benzene ring substituents is 1. The normalized spacial score (nSPS) is 10.5. The fourth-order valence-electron chi connectivity index (χ4n) is 1.68. The molecule has 0 amide bonds. The van der Waals surface area contributed by atoms with Crippen LogP contribution in [-0.2, 0) is 6.54 Å². The van der Waals surface area contributed by atoms with Crippen LogP contribution in [0.1, 0.15) is 15.6 Å². The largest absolute Gasteiger partial charge is 0.379 e. The molecule has 0 aliphatic rings. The fourth-order valence-corrected chi connectivity index (χ4v) is 2.94. The highest BCUT2D eigenvalue weighted by Crippen LogP contribution is 2.28. The van der Waals surface area contributed by atoms with Crippen LogP contribution in [0.3, 0.4) is 0 Å². The number of nitro benzene ring substituents is 1. The molecule has 2 rings (SSSR count). The SMILES string of the molecule is Cc1nc(C)c(CNc2cc([N+](=O)[O-])ccc2Br)s1. The van der Waals surface area contributed by atoms with Gasteiger partial charge in [-0.05, 0) is 35.8 Å². The van der Waals surface area contributed by atoms with Gasteiger partial charge in [0.25, 0.3) is 5.69 Å². The van der Waals surface area contributed by atoms with E-state index in [1.165, 1.54) is 12.1 Å². The Balaban J connectivity index is 2.17. The van der Waals surface area contributed by atoms with E-state index in [4.69, 9.17) is 0 Å². The monoisotopic (exact) mass is 341 g/mol. The molecular formula is C12H12BrN3O2S. The van der Waals surface area contributed by atoms with Gasteiger partial charge in [-0.2, -0.15) is 0 Å². The molecule has 5 nitrogen and oxygen atoms in total. The van der Waals surface area contributed by atoms with Crippen molar-refractivity contribution in [2.45, 2.75) is 20.4 Å². The zero-order valence-corrected chi connectivity index (χ0v) is 12.8. The minimum Gasteiger partial charge on any atom is -0.379 e. The van der Waals surface area contributed by atoms with Gasteiger partial charge in [-0.15, -0.1) is 11.3 Å². The number of hydrogen-bond acceptors (Lipinski definition) is 5. The van der Waals surface area contributed by atoms with Crippen molar-refractivity contribution in [1.82, 2.24) is 4.98 Å². The molecule has 7 heteroatoms. The van der Waals surface area contributed by atoms with E-state index in [1.807, 2.05) is 13.8 Å². The average Bonchev–Trinajstić information content (AvgIpc) is 2.66. The number of halogens is 1. The first-order chi connectivity index (χ1) is 8.97. The average molecular weight is 342 g/mol. The second-order valence-corrected chi connectivity index (χ2v) is 6.16. The molecule has 0 aliphatic heterocycles. The molecule has 0 fully saturated rings. The van der Waals surface area contributed by atoms with Gasteiger partial charge in [-0.25, -0.2) is 4.98 Å².